The third kappa shape index (κ3) is 3.94. The van der Waals surface area contributed by atoms with E-state index in [1.807, 2.05) is 0 Å². The summed E-state index contributed by atoms with van der Waals surface area (Å²) in [4.78, 5) is 22.8. The molecule has 94 valence electrons. The Bertz CT molecular complexity index is 544. The van der Waals surface area contributed by atoms with E-state index in [9.17, 15) is 4.79 Å². The fourth-order valence-corrected chi connectivity index (χ4v) is 2.98. The van der Waals surface area contributed by atoms with Crippen LogP contribution in [0.2, 0.25) is 5.15 Å². The van der Waals surface area contributed by atoms with Crippen LogP contribution in [0.4, 0.5) is 0 Å². The molecule has 2 aromatic heterocycles. The van der Waals surface area contributed by atoms with Gasteiger partial charge in [0.1, 0.15) is 5.15 Å². The number of hydrogen-bond donors (Lipinski definition) is 1. The van der Waals surface area contributed by atoms with E-state index in [1.54, 1.807) is 11.6 Å². The number of halogens is 1. The molecule has 8 heteroatoms. The summed E-state index contributed by atoms with van der Waals surface area (Å²) in [5, 5.41) is 10.8. The van der Waals surface area contributed by atoms with E-state index in [-0.39, 0.29) is 6.42 Å². The first-order valence-electron chi connectivity index (χ1n) is 4.89. The Balaban J connectivity index is 1.92. The van der Waals surface area contributed by atoms with Crippen LogP contribution in [0.15, 0.2) is 22.1 Å². The summed E-state index contributed by atoms with van der Waals surface area (Å²) in [6.45, 7) is 0. The van der Waals surface area contributed by atoms with Crippen molar-refractivity contribution in [3.8, 4) is 0 Å². The highest BCUT2D eigenvalue weighted by Gasteiger charge is 2.07. The molecule has 0 fully saturated rings. The molecule has 0 aliphatic carbocycles. The van der Waals surface area contributed by atoms with Gasteiger partial charge in [-0.15, -0.1) is 11.3 Å². The summed E-state index contributed by atoms with van der Waals surface area (Å²) in [7, 11) is 0. The minimum Gasteiger partial charge on any atom is -0.481 e. The molecular weight excluding hydrogens is 294 g/mol. The zero-order chi connectivity index (χ0) is 13.0. The number of hydrogen-bond acceptors (Lipinski definition) is 6. The molecule has 0 atom stereocenters. The van der Waals surface area contributed by atoms with Crippen molar-refractivity contribution in [1.82, 2.24) is 15.0 Å². The van der Waals surface area contributed by atoms with Gasteiger partial charge in [0.25, 0.3) is 0 Å². The standard InChI is InChI=1S/C10H8ClN3O2S2/c11-8-3-12-7(2-13-8)5-18-10-14-6(4-17-10)1-9(15)16/h2-4H,1,5H2,(H,15,16). The van der Waals surface area contributed by atoms with Gasteiger partial charge >= 0.3 is 5.97 Å². The number of rotatable bonds is 5. The van der Waals surface area contributed by atoms with Gasteiger partial charge in [0.15, 0.2) is 4.34 Å². The largest absolute Gasteiger partial charge is 0.481 e. The minimum absolute atomic E-state index is 0.0438. The molecule has 0 radical (unpaired) electrons. The van der Waals surface area contributed by atoms with E-state index < -0.39 is 5.97 Å². The van der Waals surface area contributed by atoms with Crippen molar-refractivity contribution in [3.05, 3.63) is 34.3 Å². The van der Waals surface area contributed by atoms with Crippen molar-refractivity contribution in [1.29, 1.82) is 0 Å². The van der Waals surface area contributed by atoms with E-state index in [0.717, 1.165) is 10.0 Å². The Kier molecular flexibility index (Phi) is 4.51. The van der Waals surface area contributed by atoms with Crippen LogP contribution in [0.25, 0.3) is 0 Å². The normalized spacial score (nSPS) is 10.5. The Hall–Kier alpha value is -1.18. The molecule has 0 aliphatic heterocycles. The molecule has 1 N–H and O–H groups in total. The van der Waals surface area contributed by atoms with E-state index in [4.69, 9.17) is 16.7 Å². The summed E-state index contributed by atoms with van der Waals surface area (Å²) < 4.78 is 0.822. The lowest BCUT2D eigenvalue weighted by Crippen LogP contribution is -1.99. The van der Waals surface area contributed by atoms with E-state index in [0.29, 0.717) is 16.6 Å². The quantitative estimate of drug-likeness (QED) is 0.855. The minimum atomic E-state index is -0.875. The van der Waals surface area contributed by atoms with Gasteiger partial charge in [-0.25, -0.2) is 9.97 Å². The lowest BCUT2D eigenvalue weighted by molar-refractivity contribution is -0.136. The van der Waals surface area contributed by atoms with Crippen LogP contribution in [-0.4, -0.2) is 26.0 Å². The van der Waals surface area contributed by atoms with Crippen molar-refractivity contribution in [2.45, 2.75) is 16.5 Å². The zero-order valence-corrected chi connectivity index (χ0v) is 11.4. The molecule has 0 bridgehead atoms. The SMILES string of the molecule is O=C(O)Cc1csc(SCc2cnc(Cl)cn2)n1. The van der Waals surface area contributed by atoms with Crippen molar-refractivity contribution < 1.29 is 9.90 Å². The molecule has 0 aromatic carbocycles. The molecule has 0 aliphatic rings. The molecule has 2 heterocycles. The van der Waals surface area contributed by atoms with Gasteiger partial charge in [0, 0.05) is 11.1 Å². The first-order valence-corrected chi connectivity index (χ1v) is 7.13. The summed E-state index contributed by atoms with van der Waals surface area (Å²) >= 11 is 8.56. The number of aromatic nitrogens is 3. The van der Waals surface area contributed by atoms with E-state index >= 15 is 0 Å². The van der Waals surface area contributed by atoms with Crippen LogP contribution in [0, 0.1) is 0 Å². The second-order valence-corrected chi connectivity index (χ2v) is 5.76. The van der Waals surface area contributed by atoms with Crippen LogP contribution >= 0.6 is 34.7 Å². The van der Waals surface area contributed by atoms with Crippen LogP contribution in [-0.2, 0) is 17.0 Å². The van der Waals surface area contributed by atoms with Gasteiger partial charge in [-0.3, -0.25) is 9.78 Å². The maximum atomic E-state index is 10.5. The molecule has 0 spiro atoms. The third-order valence-corrected chi connectivity index (χ3v) is 4.18. The molecule has 5 nitrogen and oxygen atoms in total. The number of nitrogens with zero attached hydrogens (tertiary/aromatic N) is 3. The Morgan fingerprint density at radius 1 is 1.39 bits per heavy atom. The highest BCUT2D eigenvalue weighted by Crippen LogP contribution is 2.25. The second kappa shape index (κ2) is 6.12. The van der Waals surface area contributed by atoms with Crippen LogP contribution in [0.5, 0.6) is 0 Å². The Morgan fingerprint density at radius 3 is 2.89 bits per heavy atom. The molecule has 0 saturated carbocycles. The summed E-state index contributed by atoms with van der Waals surface area (Å²) in [6.07, 6.45) is 3.06. The smallest absolute Gasteiger partial charge is 0.309 e. The van der Waals surface area contributed by atoms with Crippen molar-refractivity contribution in [2.24, 2.45) is 0 Å². The fraction of sp³-hybridized carbons (Fsp3) is 0.200. The van der Waals surface area contributed by atoms with Crippen LogP contribution < -0.4 is 0 Å². The van der Waals surface area contributed by atoms with Crippen LogP contribution in [0.1, 0.15) is 11.4 Å². The number of carboxylic acid groups (broad SMARTS) is 1. The summed E-state index contributed by atoms with van der Waals surface area (Å²) in [6, 6.07) is 0. The zero-order valence-electron chi connectivity index (χ0n) is 9.04. The summed E-state index contributed by atoms with van der Waals surface area (Å²) in [5.74, 6) is -0.245. The first-order chi connectivity index (χ1) is 8.63. The number of thioether (sulfide) groups is 1. The van der Waals surface area contributed by atoms with Gasteiger partial charge in [-0.05, 0) is 0 Å². The lowest BCUT2D eigenvalue weighted by atomic mass is 10.3. The number of aliphatic carboxylic acids is 1. The Morgan fingerprint density at radius 2 is 2.22 bits per heavy atom. The molecule has 2 rings (SSSR count). The highest BCUT2D eigenvalue weighted by molar-refractivity contribution is 8.00. The molecule has 0 saturated heterocycles. The maximum absolute atomic E-state index is 10.5. The van der Waals surface area contributed by atoms with Gasteiger partial charge in [0.05, 0.1) is 30.2 Å². The average Bonchev–Trinajstić information content (AvgIpc) is 2.75. The fourth-order valence-electron chi connectivity index (χ4n) is 1.14. The summed E-state index contributed by atoms with van der Waals surface area (Å²) in [5.41, 5.74) is 1.39. The average molecular weight is 302 g/mol. The molecule has 0 unspecified atom stereocenters. The van der Waals surface area contributed by atoms with Gasteiger partial charge in [-0.1, -0.05) is 23.4 Å². The molecule has 0 amide bonds. The maximum Gasteiger partial charge on any atom is 0.309 e. The monoisotopic (exact) mass is 301 g/mol. The molecular formula is C10H8ClN3O2S2. The number of carbonyl (C=O) groups is 1. The first kappa shape index (κ1) is 13.3. The van der Waals surface area contributed by atoms with Gasteiger partial charge < -0.3 is 5.11 Å². The number of carboxylic acids is 1. The van der Waals surface area contributed by atoms with Crippen LogP contribution in [0.3, 0.4) is 0 Å². The topological polar surface area (TPSA) is 76.0 Å². The van der Waals surface area contributed by atoms with Gasteiger partial charge in [0.2, 0.25) is 0 Å². The highest BCUT2D eigenvalue weighted by atomic mass is 35.5. The van der Waals surface area contributed by atoms with Crippen molar-refractivity contribution >= 4 is 40.7 Å². The second-order valence-electron chi connectivity index (χ2n) is 3.29. The third-order valence-electron chi connectivity index (χ3n) is 1.88. The molecule has 18 heavy (non-hydrogen) atoms. The lowest BCUT2D eigenvalue weighted by Gasteiger charge is -1.97. The predicted octanol–water partition coefficient (Wildman–Crippen LogP) is 2.51. The molecule has 2 aromatic rings. The number of thiazole rings is 1. The predicted molar refractivity (Wildman–Crippen MR) is 70.1 cm³/mol. The Labute approximate surface area is 116 Å². The van der Waals surface area contributed by atoms with Crippen molar-refractivity contribution in [3.63, 3.8) is 0 Å². The van der Waals surface area contributed by atoms with E-state index in [1.165, 1.54) is 29.3 Å². The van der Waals surface area contributed by atoms with Gasteiger partial charge in [-0.2, -0.15) is 0 Å². The van der Waals surface area contributed by atoms with E-state index in [2.05, 4.69) is 15.0 Å². The van der Waals surface area contributed by atoms with Crippen molar-refractivity contribution in [2.75, 3.05) is 0 Å².